The van der Waals surface area contributed by atoms with E-state index in [9.17, 15) is 4.79 Å². The lowest BCUT2D eigenvalue weighted by Gasteiger charge is -2.26. The highest BCUT2D eigenvalue weighted by atomic mass is 16.5. The first-order valence-electron chi connectivity index (χ1n) is 9.18. The van der Waals surface area contributed by atoms with Gasteiger partial charge in [-0.05, 0) is 55.4 Å². The zero-order valence-corrected chi connectivity index (χ0v) is 15.8. The van der Waals surface area contributed by atoms with Gasteiger partial charge in [0.05, 0.1) is 17.2 Å². The molecule has 138 valence electrons. The largest absolute Gasteiger partial charge is 0.427 e. The van der Waals surface area contributed by atoms with Crippen molar-refractivity contribution in [2.24, 2.45) is 5.92 Å². The van der Waals surface area contributed by atoms with Crippen molar-refractivity contribution >= 4 is 6.47 Å². The molecule has 2 aromatic carbocycles. The summed E-state index contributed by atoms with van der Waals surface area (Å²) in [5.74, 6) is 1.96. The van der Waals surface area contributed by atoms with E-state index in [1.165, 1.54) is 49.4 Å². The molecule has 0 heterocycles. The van der Waals surface area contributed by atoms with Gasteiger partial charge in [-0.2, -0.15) is 10.5 Å². The van der Waals surface area contributed by atoms with E-state index < -0.39 is 0 Å². The summed E-state index contributed by atoms with van der Waals surface area (Å²) in [6.45, 7) is 4.78. The SMILES string of the molecule is Cc1ccc(C2CCC(C)CC2)cc1.N#Cc1ccc(OC=O)c(C#N)c1. The van der Waals surface area contributed by atoms with Gasteiger partial charge < -0.3 is 4.74 Å². The number of carbonyl (C=O) groups excluding carboxylic acids is 1. The molecular weight excluding hydrogens is 336 g/mol. The Hall–Kier alpha value is -3.11. The first-order valence-corrected chi connectivity index (χ1v) is 9.18. The summed E-state index contributed by atoms with van der Waals surface area (Å²) in [4.78, 5) is 10.0. The van der Waals surface area contributed by atoms with Gasteiger partial charge in [0.2, 0.25) is 0 Å². The van der Waals surface area contributed by atoms with Gasteiger partial charge in [-0.1, -0.05) is 49.6 Å². The van der Waals surface area contributed by atoms with Crippen LogP contribution in [0, 0.1) is 35.5 Å². The molecule has 0 saturated heterocycles. The van der Waals surface area contributed by atoms with Gasteiger partial charge >= 0.3 is 0 Å². The molecule has 0 radical (unpaired) electrons. The minimum atomic E-state index is 0.163. The highest BCUT2D eigenvalue weighted by Crippen LogP contribution is 2.35. The monoisotopic (exact) mass is 360 g/mol. The Morgan fingerprint density at radius 1 is 1.00 bits per heavy atom. The molecule has 0 aliphatic heterocycles. The molecule has 0 amide bonds. The summed E-state index contributed by atoms with van der Waals surface area (Å²) < 4.78 is 4.51. The highest BCUT2D eigenvalue weighted by molar-refractivity contribution is 5.54. The maximum Gasteiger partial charge on any atom is 0.298 e. The molecule has 3 rings (SSSR count). The number of ether oxygens (including phenoxy) is 1. The standard InChI is InChI=1S/C14H20.C9H4N2O2/c1-11-3-7-13(8-4-11)14-9-5-12(2)6-10-14;10-4-7-1-2-9(13-6-12)8(3-7)5-11/h3-4,7-8,12,14H,5-6,9-10H2,1-2H3;1-3,6H. The molecule has 4 nitrogen and oxygen atoms in total. The lowest BCUT2D eigenvalue weighted by Crippen LogP contribution is -2.10. The minimum Gasteiger partial charge on any atom is -0.427 e. The lowest BCUT2D eigenvalue weighted by molar-refractivity contribution is -0.120. The van der Waals surface area contributed by atoms with Crippen LogP contribution in [-0.2, 0) is 4.79 Å². The van der Waals surface area contributed by atoms with Crippen LogP contribution in [0.1, 0.15) is 60.8 Å². The second-order valence-electron chi connectivity index (χ2n) is 7.02. The van der Waals surface area contributed by atoms with E-state index in [0.29, 0.717) is 5.56 Å². The molecule has 0 atom stereocenters. The number of hydrogen-bond acceptors (Lipinski definition) is 4. The van der Waals surface area contributed by atoms with Gasteiger partial charge in [0.15, 0.2) is 0 Å². The highest BCUT2D eigenvalue weighted by Gasteiger charge is 2.19. The van der Waals surface area contributed by atoms with Crippen LogP contribution < -0.4 is 4.74 Å². The number of benzene rings is 2. The third-order valence-corrected chi connectivity index (χ3v) is 4.97. The van der Waals surface area contributed by atoms with Crippen molar-refractivity contribution in [3.8, 4) is 17.9 Å². The minimum absolute atomic E-state index is 0.163. The summed E-state index contributed by atoms with van der Waals surface area (Å²) in [6.07, 6.45) is 5.62. The fourth-order valence-electron chi connectivity index (χ4n) is 3.27. The van der Waals surface area contributed by atoms with Crippen LogP contribution in [0.15, 0.2) is 42.5 Å². The van der Waals surface area contributed by atoms with Crippen molar-refractivity contribution in [1.29, 1.82) is 10.5 Å². The molecule has 1 saturated carbocycles. The number of nitriles is 2. The smallest absolute Gasteiger partial charge is 0.298 e. The predicted molar refractivity (Wildman–Crippen MR) is 104 cm³/mol. The molecule has 2 aromatic rings. The van der Waals surface area contributed by atoms with E-state index in [4.69, 9.17) is 10.5 Å². The fraction of sp³-hybridized carbons (Fsp3) is 0.348. The Labute approximate surface area is 161 Å². The van der Waals surface area contributed by atoms with Gasteiger partial charge in [-0.3, -0.25) is 4.79 Å². The number of nitrogens with zero attached hydrogens (tertiary/aromatic N) is 2. The van der Waals surface area contributed by atoms with Crippen LogP contribution >= 0.6 is 0 Å². The first kappa shape index (κ1) is 20.2. The van der Waals surface area contributed by atoms with Crippen LogP contribution in [0.5, 0.6) is 5.75 Å². The Morgan fingerprint density at radius 2 is 1.67 bits per heavy atom. The predicted octanol–water partition coefficient (Wildman–Crippen LogP) is 5.25. The fourth-order valence-corrected chi connectivity index (χ4v) is 3.27. The first-order chi connectivity index (χ1) is 13.1. The number of carbonyl (C=O) groups is 1. The van der Waals surface area contributed by atoms with E-state index in [1.54, 1.807) is 5.56 Å². The van der Waals surface area contributed by atoms with Crippen molar-refractivity contribution in [2.75, 3.05) is 0 Å². The number of aryl methyl sites for hydroxylation is 1. The van der Waals surface area contributed by atoms with E-state index in [1.807, 2.05) is 12.1 Å². The lowest BCUT2D eigenvalue weighted by atomic mass is 9.79. The number of hydrogen-bond donors (Lipinski definition) is 0. The van der Waals surface area contributed by atoms with Crippen LogP contribution in [0.3, 0.4) is 0 Å². The Balaban J connectivity index is 0.000000194. The van der Waals surface area contributed by atoms with Gasteiger partial charge in [0.1, 0.15) is 11.8 Å². The third-order valence-electron chi connectivity index (χ3n) is 4.97. The maximum atomic E-state index is 10.0. The molecule has 0 spiro atoms. The second kappa shape index (κ2) is 10.1. The normalized spacial score (nSPS) is 18.2. The molecule has 1 aliphatic rings. The quantitative estimate of drug-likeness (QED) is 0.700. The van der Waals surface area contributed by atoms with Crippen molar-refractivity contribution in [2.45, 2.75) is 45.4 Å². The van der Waals surface area contributed by atoms with Crippen LogP contribution in [0.2, 0.25) is 0 Å². The average molecular weight is 360 g/mol. The molecule has 0 N–H and O–H groups in total. The Morgan fingerprint density at radius 3 is 2.22 bits per heavy atom. The summed E-state index contributed by atoms with van der Waals surface area (Å²) in [5, 5.41) is 17.1. The summed E-state index contributed by atoms with van der Waals surface area (Å²) in [6, 6.07) is 17.1. The maximum absolute atomic E-state index is 10.0. The van der Waals surface area contributed by atoms with Crippen molar-refractivity contribution in [3.63, 3.8) is 0 Å². The third kappa shape index (κ3) is 5.97. The topological polar surface area (TPSA) is 73.9 Å². The molecule has 4 heteroatoms. The molecule has 0 bridgehead atoms. The summed E-state index contributed by atoms with van der Waals surface area (Å²) in [7, 11) is 0. The van der Waals surface area contributed by atoms with Crippen LogP contribution in [0.25, 0.3) is 0 Å². The second-order valence-corrected chi connectivity index (χ2v) is 7.02. The Kier molecular flexibility index (Phi) is 7.59. The van der Waals surface area contributed by atoms with E-state index in [0.717, 1.165) is 11.8 Å². The van der Waals surface area contributed by atoms with Crippen molar-refractivity contribution < 1.29 is 9.53 Å². The average Bonchev–Trinajstić information content (AvgIpc) is 2.70. The number of rotatable bonds is 3. The van der Waals surface area contributed by atoms with E-state index in [-0.39, 0.29) is 17.8 Å². The molecule has 1 aliphatic carbocycles. The van der Waals surface area contributed by atoms with Gasteiger partial charge in [-0.15, -0.1) is 0 Å². The van der Waals surface area contributed by atoms with Gasteiger partial charge in [0, 0.05) is 0 Å². The zero-order chi connectivity index (χ0) is 19.6. The van der Waals surface area contributed by atoms with E-state index >= 15 is 0 Å². The zero-order valence-electron chi connectivity index (χ0n) is 15.8. The molecule has 0 aromatic heterocycles. The van der Waals surface area contributed by atoms with Crippen LogP contribution in [0.4, 0.5) is 0 Å². The van der Waals surface area contributed by atoms with Crippen LogP contribution in [-0.4, -0.2) is 6.47 Å². The molecule has 27 heavy (non-hydrogen) atoms. The summed E-state index contributed by atoms with van der Waals surface area (Å²) in [5.41, 5.74) is 3.46. The Bertz CT molecular complexity index is 836. The van der Waals surface area contributed by atoms with Gasteiger partial charge in [0.25, 0.3) is 6.47 Å². The van der Waals surface area contributed by atoms with E-state index in [2.05, 4.69) is 42.8 Å². The van der Waals surface area contributed by atoms with Crippen molar-refractivity contribution in [3.05, 3.63) is 64.7 Å². The molecule has 1 fully saturated rings. The summed E-state index contributed by atoms with van der Waals surface area (Å²) >= 11 is 0. The molecular formula is C23H24N2O2. The molecule has 0 unspecified atom stereocenters. The van der Waals surface area contributed by atoms with Crippen molar-refractivity contribution in [1.82, 2.24) is 0 Å². The van der Waals surface area contributed by atoms with Gasteiger partial charge in [-0.25, -0.2) is 0 Å².